The van der Waals surface area contributed by atoms with Gasteiger partial charge < -0.3 is 4.90 Å². The van der Waals surface area contributed by atoms with Gasteiger partial charge in [0, 0.05) is 51.0 Å². The van der Waals surface area contributed by atoms with Crippen LogP contribution in [0.25, 0.3) is 0 Å². The molecule has 0 aliphatic carbocycles. The monoisotopic (exact) mass is 383 g/mol. The highest BCUT2D eigenvalue weighted by Gasteiger charge is 2.29. The summed E-state index contributed by atoms with van der Waals surface area (Å²) in [6.07, 6.45) is 5.80. The number of amides is 1. The highest BCUT2D eigenvalue weighted by Crippen LogP contribution is 2.21. The molecule has 150 valence electrons. The standard InChI is InChI=1S/C23H30FN3O/c1-18(2)22-17-27(23(28)11-8-19-5-3-12-25-15-19)14-4-13-26(22)16-20-6-9-21(24)10-7-20/h3,5-7,9-10,12,15,18,22H,4,8,11,13-14,16-17H2,1-2H3/t22-/m1/s1. The van der Waals surface area contributed by atoms with Gasteiger partial charge in [-0.05, 0) is 48.1 Å². The van der Waals surface area contributed by atoms with Crippen molar-refractivity contribution < 1.29 is 9.18 Å². The summed E-state index contributed by atoms with van der Waals surface area (Å²) < 4.78 is 13.2. The van der Waals surface area contributed by atoms with E-state index in [1.54, 1.807) is 6.20 Å². The molecule has 1 atom stereocenters. The van der Waals surface area contributed by atoms with E-state index < -0.39 is 0 Å². The number of nitrogens with zero attached hydrogens (tertiary/aromatic N) is 3. The van der Waals surface area contributed by atoms with Crippen molar-refractivity contribution in [2.24, 2.45) is 5.92 Å². The van der Waals surface area contributed by atoms with Gasteiger partial charge in [-0.15, -0.1) is 0 Å². The molecule has 1 amide bonds. The Balaban J connectivity index is 1.62. The van der Waals surface area contributed by atoms with E-state index in [1.165, 1.54) is 12.1 Å². The molecule has 0 saturated carbocycles. The Kier molecular flexibility index (Phi) is 7.15. The molecule has 1 aliphatic rings. The lowest BCUT2D eigenvalue weighted by molar-refractivity contribution is -0.131. The minimum Gasteiger partial charge on any atom is -0.341 e. The molecule has 0 bridgehead atoms. The molecule has 1 aliphatic heterocycles. The Morgan fingerprint density at radius 3 is 2.64 bits per heavy atom. The largest absolute Gasteiger partial charge is 0.341 e. The van der Waals surface area contributed by atoms with Crippen LogP contribution < -0.4 is 0 Å². The third-order valence-corrected chi connectivity index (χ3v) is 5.52. The van der Waals surface area contributed by atoms with Crippen molar-refractivity contribution in [3.05, 3.63) is 65.7 Å². The molecule has 28 heavy (non-hydrogen) atoms. The fraction of sp³-hybridized carbons (Fsp3) is 0.478. The predicted molar refractivity (Wildman–Crippen MR) is 109 cm³/mol. The predicted octanol–water partition coefficient (Wildman–Crippen LogP) is 3.91. The lowest BCUT2D eigenvalue weighted by atomic mass is 10.0. The minimum atomic E-state index is -0.203. The molecular weight excluding hydrogens is 353 g/mol. The van der Waals surface area contributed by atoms with Crippen molar-refractivity contribution in [2.45, 2.75) is 45.7 Å². The Morgan fingerprint density at radius 1 is 1.18 bits per heavy atom. The third kappa shape index (κ3) is 5.61. The van der Waals surface area contributed by atoms with Gasteiger partial charge in [-0.3, -0.25) is 14.7 Å². The fourth-order valence-corrected chi connectivity index (χ4v) is 3.90. The first kappa shape index (κ1) is 20.5. The van der Waals surface area contributed by atoms with Crippen LogP contribution in [0.4, 0.5) is 4.39 Å². The van der Waals surface area contributed by atoms with Crippen molar-refractivity contribution >= 4 is 5.91 Å². The molecule has 1 saturated heterocycles. The SMILES string of the molecule is CC(C)[C@H]1CN(C(=O)CCc2cccnc2)CCCN1Cc1ccc(F)cc1. The van der Waals surface area contributed by atoms with Crippen LogP contribution in [-0.2, 0) is 17.8 Å². The number of aryl methyl sites for hydroxylation is 1. The first-order valence-electron chi connectivity index (χ1n) is 10.2. The zero-order valence-electron chi connectivity index (χ0n) is 16.9. The second-order valence-corrected chi connectivity index (χ2v) is 7.96. The van der Waals surface area contributed by atoms with Gasteiger partial charge in [0.15, 0.2) is 0 Å². The first-order valence-corrected chi connectivity index (χ1v) is 10.2. The molecule has 0 N–H and O–H groups in total. The number of aromatic nitrogens is 1. The summed E-state index contributed by atoms with van der Waals surface area (Å²) in [4.78, 5) is 21.4. The van der Waals surface area contributed by atoms with E-state index in [9.17, 15) is 9.18 Å². The van der Waals surface area contributed by atoms with Crippen LogP contribution >= 0.6 is 0 Å². The van der Waals surface area contributed by atoms with Crippen LogP contribution in [0.1, 0.15) is 37.8 Å². The Bertz CT molecular complexity index is 748. The van der Waals surface area contributed by atoms with E-state index >= 15 is 0 Å². The second kappa shape index (κ2) is 9.78. The average Bonchev–Trinajstić information content (AvgIpc) is 2.91. The topological polar surface area (TPSA) is 36.4 Å². The summed E-state index contributed by atoms with van der Waals surface area (Å²) in [6.45, 7) is 7.73. The van der Waals surface area contributed by atoms with E-state index in [4.69, 9.17) is 0 Å². The van der Waals surface area contributed by atoms with E-state index in [1.807, 2.05) is 35.4 Å². The van der Waals surface area contributed by atoms with E-state index in [2.05, 4.69) is 23.7 Å². The van der Waals surface area contributed by atoms with Gasteiger partial charge in [-0.25, -0.2) is 4.39 Å². The molecule has 1 aromatic carbocycles. The van der Waals surface area contributed by atoms with Crippen LogP contribution in [0, 0.1) is 11.7 Å². The summed E-state index contributed by atoms with van der Waals surface area (Å²) in [5.41, 5.74) is 2.22. The molecule has 0 spiro atoms. The summed E-state index contributed by atoms with van der Waals surface area (Å²) in [7, 11) is 0. The van der Waals surface area contributed by atoms with Crippen molar-refractivity contribution in [3.8, 4) is 0 Å². The fourth-order valence-electron chi connectivity index (χ4n) is 3.90. The lowest BCUT2D eigenvalue weighted by Crippen LogP contribution is -2.45. The number of pyridine rings is 1. The normalized spacial score (nSPS) is 18.3. The molecule has 3 rings (SSSR count). The van der Waals surface area contributed by atoms with Gasteiger partial charge in [-0.1, -0.05) is 32.0 Å². The molecule has 5 heteroatoms. The Labute approximate surface area is 167 Å². The van der Waals surface area contributed by atoms with E-state index in [0.29, 0.717) is 18.4 Å². The molecule has 0 radical (unpaired) electrons. The molecule has 1 fully saturated rings. The highest BCUT2D eigenvalue weighted by molar-refractivity contribution is 5.76. The molecular formula is C23H30FN3O. The molecule has 2 heterocycles. The van der Waals surface area contributed by atoms with Gasteiger partial charge in [-0.2, -0.15) is 0 Å². The van der Waals surface area contributed by atoms with Gasteiger partial charge in [0.1, 0.15) is 5.82 Å². The van der Waals surface area contributed by atoms with Gasteiger partial charge in [0.2, 0.25) is 5.91 Å². The maximum atomic E-state index is 13.2. The van der Waals surface area contributed by atoms with Crippen LogP contribution in [0.5, 0.6) is 0 Å². The highest BCUT2D eigenvalue weighted by atomic mass is 19.1. The zero-order chi connectivity index (χ0) is 19.9. The maximum absolute atomic E-state index is 13.2. The summed E-state index contributed by atoms with van der Waals surface area (Å²) in [6, 6.07) is 11.0. The van der Waals surface area contributed by atoms with E-state index in [-0.39, 0.29) is 11.7 Å². The number of benzene rings is 1. The van der Waals surface area contributed by atoms with Crippen LogP contribution in [0.15, 0.2) is 48.8 Å². The van der Waals surface area contributed by atoms with Crippen LogP contribution in [0.2, 0.25) is 0 Å². The minimum absolute atomic E-state index is 0.203. The number of carbonyl (C=O) groups is 1. The molecule has 1 aromatic heterocycles. The number of hydrogen-bond donors (Lipinski definition) is 0. The van der Waals surface area contributed by atoms with Crippen molar-refractivity contribution in [3.63, 3.8) is 0 Å². The summed E-state index contributed by atoms with van der Waals surface area (Å²) in [5.74, 6) is 0.454. The Hall–Kier alpha value is -2.27. The smallest absolute Gasteiger partial charge is 0.222 e. The molecule has 2 aromatic rings. The third-order valence-electron chi connectivity index (χ3n) is 5.52. The van der Waals surface area contributed by atoms with Crippen molar-refractivity contribution in [2.75, 3.05) is 19.6 Å². The maximum Gasteiger partial charge on any atom is 0.222 e. The molecule has 4 nitrogen and oxygen atoms in total. The number of carbonyl (C=O) groups excluding carboxylic acids is 1. The second-order valence-electron chi connectivity index (χ2n) is 7.96. The van der Waals surface area contributed by atoms with Gasteiger partial charge >= 0.3 is 0 Å². The van der Waals surface area contributed by atoms with E-state index in [0.717, 1.165) is 50.1 Å². The van der Waals surface area contributed by atoms with Crippen LogP contribution in [-0.4, -0.2) is 46.4 Å². The zero-order valence-corrected chi connectivity index (χ0v) is 16.9. The Morgan fingerprint density at radius 2 is 1.96 bits per heavy atom. The van der Waals surface area contributed by atoms with Crippen molar-refractivity contribution in [1.82, 2.24) is 14.8 Å². The van der Waals surface area contributed by atoms with Crippen LogP contribution in [0.3, 0.4) is 0 Å². The average molecular weight is 384 g/mol. The first-order chi connectivity index (χ1) is 13.5. The summed E-state index contributed by atoms with van der Waals surface area (Å²) >= 11 is 0. The van der Waals surface area contributed by atoms with Gasteiger partial charge in [0.25, 0.3) is 0 Å². The summed E-state index contributed by atoms with van der Waals surface area (Å²) in [5, 5.41) is 0. The number of halogens is 1. The van der Waals surface area contributed by atoms with Gasteiger partial charge in [0.05, 0.1) is 0 Å². The van der Waals surface area contributed by atoms with Crippen molar-refractivity contribution in [1.29, 1.82) is 0 Å². The quantitative estimate of drug-likeness (QED) is 0.759. The molecule has 0 unspecified atom stereocenters. The lowest BCUT2D eigenvalue weighted by Gasteiger charge is -2.34. The number of rotatable bonds is 6. The number of hydrogen-bond acceptors (Lipinski definition) is 3.